The third-order valence-corrected chi connectivity index (χ3v) is 4.86. The Labute approximate surface area is 152 Å². The Hall–Kier alpha value is -2.76. The highest BCUT2D eigenvalue weighted by Gasteiger charge is 2.16. The molecule has 136 valence electrons. The van der Waals surface area contributed by atoms with Gasteiger partial charge in [0.05, 0.1) is 11.9 Å². The molecule has 1 fully saturated rings. The van der Waals surface area contributed by atoms with Crippen molar-refractivity contribution >= 4 is 17.4 Å². The molecule has 4 rings (SSSR count). The Morgan fingerprint density at radius 3 is 2.58 bits per heavy atom. The number of rotatable bonds is 4. The average molecular weight is 353 g/mol. The number of carbonyl (C=O) groups excluding carboxylic acids is 1. The summed E-state index contributed by atoms with van der Waals surface area (Å²) >= 11 is 0. The Morgan fingerprint density at radius 1 is 1.00 bits per heavy atom. The molecule has 1 aromatic heterocycles. The van der Waals surface area contributed by atoms with Crippen LogP contribution in [0.25, 0.3) is 0 Å². The SMILES string of the molecule is O=C(Nc1ccc(NC2CCCCCC2)nc1)c1ccc2c(c1)OCO2. The highest BCUT2D eigenvalue weighted by molar-refractivity contribution is 6.04. The van der Waals surface area contributed by atoms with E-state index in [0.717, 1.165) is 5.82 Å². The highest BCUT2D eigenvalue weighted by atomic mass is 16.7. The van der Waals surface area contributed by atoms with Gasteiger partial charge < -0.3 is 20.1 Å². The van der Waals surface area contributed by atoms with Gasteiger partial charge in [-0.15, -0.1) is 0 Å². The first kappa shape index (κ1) is 16.7. The number of hydrogen-bond acceptors (Lipinski definition) is 5. The van der Waals surface area contributed by atoms with Gasteiger partial charge in [-0.25, -0.2) is 4.98 Å². The molecule has 0 unspecified atom stereocenters. The zero-order chi connectivity index (χ0) is 17.8. The van der Waals surface area contributed by atoms with E-state index in [4.69, 9.17) is 9.47 Å². The fraction of sp³-hybridized carbons (Fsp3) is 0.400. The second-order valence-corrected chi connectivity index (χ2v) is 6.79. The zero-order valence-corrected chi connectivity index (χ0v) is 14.7. The van der Waals surface area contributed by atoms with E-state index < -0.39 is 0 Å². The van der Waals surface area contributed by atoms with Crippen LogP contribution in [-0.2, 0) is 0 Å². The molecule has 0 spiro atoms. The van der Waals surface area contributed by atoms with Crippen molar-refractivity contribution in [1.82, 2.24) is 4.98 Å². The summed E-state index contributed by atoms with van der Waals surface area (Å²) in [6.07, 6.45) is 9.30. The average Bonchev–Trinajstić information content (AvgIpc) is 2.99. The van der Waals surface area contributed by atoms with Gasteiger partial charge >= 0.3 is 0 Å². The molecule has 2 heterocycles. The van der Waals surface area contributed by atoms with Gasteiger partial charge in [-0.05, 0) is 43.2 Å². The monoisotopic (exact) mass is 353 g/mol. The van der Waals surface area contributed by atoms with Crippen molar-refractivity contribution in [3.63, 3.8) is 0 Å². The van der Waals surface area contributed by atoms with Crippen molar-refractivity contribution in [1.29, 1.82) is 0 Å². The summed E-state index contributed by atoms with van der Waals surface area (Å²) in [5.41, 5.74) is 1.19. The predicted molar refractivity (Wildman–Crippen MR) is 99.9 cm³/mol. The van der Waals surface area contributed by atoms with Crippen molar-refractivity contribution in [2.75, 3.05) is 17.4 Å². The molecule has 0 saturated heterocycles. The van der Waals surface area contributed by atoms with E-state index in [0.29, 0.717) is 28.8 Å². The first-order valence-electron chi connectivity index (χ1n) is 9.21. The van der Waals surface area contributed by atoms with Gasteiger partial charge in [0.25, 0.3) is 5.91 Å². The fourth-order valence-electron chi connectivity index (χ4n) is 3.43. The normalized spacial score (nSPS) is 16.8. The van der Waals surface area contributed by atoms with Crippen LogP contribution in [0, 0.1) is 0 Å². The van der Waals surface area contributed by atoms with E-state index in [1.165, 1.54) is 38.5 Å². The Kier molecular flexibility index (Phi) is 4.91. The molecule has 1 aliphatic heterocycles. The van der Waals surface area contributed by atoms with Gasteiger partial charge in [0.1, 0.15) is 5.82 Å². The Morgan fingerprint density at radius 2 is 1.81 bits per heavy atom. The molecule has 1 aromatic carbocycles. The first-order valence-corrected chi connectivity index (χ1v) is 9.21. The van der Waals surface area contributed by atoms with Crippen LogP contribution in [0.1, 0.15) is 48.9 Å². The second-order valence-electron chi connectivity index (χ2n) is 6.79. The van der Waals surface area contributed by atoms with Crippen LogP contribution in [-0.4, -0.2) is 23.7 Å². The molecule has 0 bridgehead atoms. The minimum atomic E-state index is -0.199. The van der Waals surface area contributed by atoms with Crippen molar-refractivity contribution < 1.29 is 14.3 Å². The molecule has 2 N–H and O–H groups in total. The number of ether oxygens (including phenoxy) is 2. The minimum absolute atomic E-state index is 0.194. The van der Waals surface area contributed by atoms with Crippen molar-refractivity contribution in [3.05, 3.63) is 42.1 Å². The summed E-state index contributed by atoms with van der Waals surface area (Å²) in [6.45, 7) is 0.194. The molecule has 1 amide bonds. The largest absolute Gasteiger partial charge is 0.454 e. The van der Waals surface area contributed by atoms with Crippen LogP contribution in [0.15, 0.2) is 36.5 Å². The molecule has 2 aromatic rings. The maximum Gasteiger partial charge on any atom is 0.255 e. The molecule has 26 heavy (non-hydrogen) atoms. The lowest BCUT2D eigenvalue weighted by Gasteiger charge is -2.17. The van der Waals surface area contributed by atoms with Gasteiger partial charge in [0.15, 0.2) is 11.5 Å². The summed E-state index contributed by atoms with van der Waals surface area (Å²) in [6, 6.07) is 9.44. The highest BCUT2D eigenvalue weighted by Crippen LogP contribution is 2.32. The molecule has 2 aliphatic rings. The molecule has 6 nitrogen and oxygen atoms in total. The quantitative estimate of drug-likeness (QED) is 0.806. The number of pyridine rings is 1. The van der Waals surface area contributed by atoms with Crippen molar-refractivity contribution in [2.24, 2.45) is 0 Å². The lowest BCUT2D eigenvalue weighted by atomic mass is 10.1. The van der Waals surface area contributed by atoms with Crippen molar-refractivity contribution in [3.8, 4) is 11.5 Å². The third-order valence-electron chi connectivity index (χ3n) is 4.86. The molecular formula is C20H23N3O3. The van der Waals surface area contributed by atoms with E-state index in [-0.39, 0.29) is 12.7 Å². The van der Waals surface area contributed by atoms with Crippen LogP contribution in [0.4, 0.5) is 11.5 Å². The lowest BCUT2D eigenvalue weighted by molar-refractivity contribution is 0.102. The van der Waals surface area contributed by atoms with Gasteiger partial charge in [0.2, 0.25) is 6.79 Å². The number of carbonyl (C=O) groups is 1. The number of anilines is 2. The first-order chi connectivity index (χ1) is 12.8. The van der Waals surface area contributed by atoms with Gasteiger partial charge in [-0.3, -0.25) is 4.79 Å². The zero-order valence-electron chi connectivity index (χ0n) is 14.7. The number of benzene rings is 1. The number of nitrogens with zero attached hydrogens (tertiary/aromatic N) is 1. The lowest BCUT2D eigenvalue weighted by Crippen LogP contribution is -2.19. The van der Waals surface area contributed by atoms with E-state index in [9.17, 15) is 4.79 Å². The Bertz CT molecular complexity index is 768. The van der Waals surface area contributed by atoms with Crippen LogP contribution >= 0.6 is 0 Å². The molecule has 1 aliphatic carbocycles. The number of hydrogen-bond donors (Lipinski definition) is 2. The molecule has 0 atom stereocenters. The van der Waals surface area contributed by atoms with Crippen LogP contribution < -0.4 is 20.1 Å². The number of fused-ring (bicyclic) bond motifs is 1. The molecule has 1 saturated carbocycles. The van der Waals surface area contributed by atoms with Crippen LogP contribution in [0.3, 0.4) is 0 Å². The predicted octanol–water partition coefficient (Wildman–Crippen LogP) is 4.20. The molecule has 6 heteroatoms. The summed E-state index contributed by atoms with van der Waals surface area (Å²) in [5, 5.41) is 6.37. The smallest absolute Gasteiger partial charge is 0.255 e. The summed E-state index contributed by atoms with van der Waals surface area (Å²) in [4.78, 5) is 16.8. The number of amides is 1. The van der Waals surface area contributed by atoms with Gasteiger partial charge in [-0.1, -0.05) is 25.7 Å². The van der Waals surface area contributed by atoms with Crippen molar-refractivity contribution in [2.45, 2.75) is 44.6 Å². The van der Waals surface area contributed by atoms with Gasteiger partial charge in [-0.2, -0.15) is 0 Å². The summed E-state index contributed by atoms with van der Waals surface area (Å²) in [5.74, 6) is 1.92. The fourth-order valence-corrected chi connectivity index (χ4v) is 3.43. The topological polar surface area (TPSA) is 72.5 Å². The molecule has 0 radical (unpaired) electrons. The molecular weight excluding hydrogens is 330 g/mol. The standard InChI is InChI=1S/C20H23N3O3/c24-20(14-7-9-17-18(11-14)26-13-25-17)23-16-8-10-19(21-12-16)22-15-5-3-1-2-4-6-15/h7-12,15H,1-6,13H2,(H,21,22)(H,23,24). The Balaban J connectivity index is 1.37. The third kappa shape index (κ3) is 3.90. The number of aromatic nitrogens is 1. The van der Waals surface area contributed by atoms with E-state index in [2.05, 4.69) is 15.6 Å². The maximum absolute atomic E-state index is 12.4. The maximum atomic E-state index is 12.4. The minimum Gasteiger partial charge on any atom is -0.454 e. The van der Waals surface area contributed by atoms with E-state index in [1.54, 1.807) is 24.4 Å². The van der Waals surface area contributed by atoms with E-state index >= 15 is 0 Å². The van der Waals surface area contributed by atoms with E-state index in [1.807, 2.05) is 12.1 Å². The second kappa shape index (κ2) is 7.64. The van der Waals surface area contributed by atoms with Crippen LogP contribution in [0.2, 0.25) is 0 Å². The number of nitrogens with one attached hydrogen (secondary N) is 2. The summed E-state index contributed by atoms with van der Waals surface area (Å²) in [7, 11) is 0. The van der Waals surface area contributed by atoms with Gasteiger partial charge in [0, 0.05) is 11.6 Å². The van der Waals surface area contributed by atoms with Crippen LogP contribution in [0.5, 0.6) is 11.5 Å². The summed E-state index contributed by atoms with van der Waals surface area (Å²) < 4.78 is 10.6.